The number of rotatable bonds is 6. The first-order valence-electron chi connectivity index (χ1n) is 13.7. The van der Waals surface area contributed by atoms with Gasteiger partial charge in [0.25, 0.3) is 5.91 Å². The van der Waals surface area contributed by atoms with Crippen LogP contribution in [-0.2, 0) is 0 Å². The fourth-order valence-electron chi connectivity index (χ4n) is 6.57. The fraction of sp³-hybridized carbons (Fsp3) is 0.355. The van der Waals surface area contributed by atoms with Gasteiger partial charge in [0.1, 0.15) is 5.82 Å². The van der Waals surface area contributed by atoms with E-state index in [1.165, 1.54) is 11.8 Å². The lowest BCUT2D eigenvalue weighted by Crippen LogP contribution is -2.44. The Morgan fingerprint density at radius 3 is 2.45 bits per heavy atom. The van der Waals surface area contributed by atoms with Crippen molar-refractivity contribution >= 4 is 22.5 Å². The molecule has 1 aliphatic carbocycles. The number of aliphatic hydroxyl groups excluding tert-OH is 1. The van der Waals surface area contributed by atoms with Crippen molar-refractivity contribution in [2.45, 2.75) is 62.8 Å². The molecule has 2 saturated heterocycles. The number of amides is 1. The molecule has 1 amide bonds. The molecule has 7 rings (SSSR count). The van der Waals surface area contributed by atoms with Crippen molar-refractivity contribution in [3.05, 3.63) is 83.7 Å². The molecule has 0 radical (unpaired) electrons. The van der Waals surface area contributed by atoms with Gasteiger partial charge in [0, 0.05) is 39.8 Å². The average Bonchev–Trinajstić information content (AvgIpc) is 3.62. The molecule has 4 atom stereocenters. The van der Waals surface area contributed by atoms with E-state index >= 15 is 0 Å². The molecule has 4 aromatic rings. The molecule has 2 bridgehead atoms. The lowest BCUT2D eigenvalue weighted by Gasteiger charge is -2.39. The van der Waals surface area contributed by atoms with Gasteiger partial charge in [0.2, 0.25) is 0 Å². The molecule has 2 aliphatic heterocycles. The lowest BCUT2D eigenvalue weighted by atomic mass is 9.98. The summed E-state index contributed by atoms with van der Waals surface area (Å²) in [5, 5.41) is 21.8. The second-order valence-electron chi connectivity index (χ2n) is 11.1. The molecule has 3 fully saturated rings. The number of H-pyrrole nitrogens is 1. The molecule has 1 saturated carbocycles. The lowest BCUT2D eigenvalue weighted by molar-refractivity contribution is 0.0931. The Morgan fingerprint density at radius 1 is 1.00 bits per heavy atom. The zero-order valence-electron chi connectivity index (χ0n) is 21.1. The van der Waals surface area contributed by atoms with Crippen LogP contribution in [0.25, 0.3) is 22.2 Å². The Bertz CT molecular complexity index is 1480. The zero-order chi connectivity index (χ0) is 25.8. The highest BCUT2D eigenvalue weighted by Crippen LogP contribution is 2.42. The third kappa shape index (κ3) is 4.15. The largest absolute Gasteiger partial charge is 0.393 e. The number of aliphatic hydroxyl groups is 1. The monoisotopic (exact) mass is 510 g/mol. The number of benzene rings is 3. The smallest absolute Gasteiger partial charge is 0.251 e. The van der Waals surface area contributed by atoms with Crippen LogP contribution in [0.4, 0.5) is 10.1 Å². The summed E-state index contributed by atoms with van der Waals surface area (Å²) in [6.07, 6.45) is 5.74. The normalized spacial score (nSPS) is 23.5. The summed E-state index contributed by atoms with van der Waals surface area (Å²) < 4.78 is 14.5. The standard InChI is InChI=1S/C31H31FN4O2/c32-27-4-2-1-3-25(27)29(18-5-6-18)33-31(38)20-9-14-28-26(15-20)30(35-34-28)19-7-10-21(11-8-19)36-22-12-13-23(36)17-24(37)16-22/h1-4,7-11,14-15,18,22-24,29,37H,5-6,12-13,16-17H2,(H,33,38)(H,34,35)/t22-,23+,24?,29?. The van der Waals surface area contributed by atoms with Crippen molar-refractivity contribution in [1.29, 1.82) is 0 Å². The first kappa shape index (κ1) is 23.4. The molecule has 6 nitrogen and oxygen atoms in total. The third-order valence-corrected chi connectivity index (χ3v) is 8.59. The molecule has 2 unspecified atom stereocenters. The van der Waals surface area contributed by atoms with Crippen LogP contribution in [0.1, 0.15) is 60.5 Å². The van der Waals surface area contributed by atoms with Gasteiger partial charge in [-0.25, -0.2) is 4.39 Å². The average molecular weight is 511 g/mol. The van der Waals surface area contributed by atoms with E-state index in [0.29, 0.717) is 23.2 Å². The quantitative estimate of drug-likeness (QED) is 0.309. The summed E-state index contributed by atoms with van der Waals surface area (Å²) in [5.41, 5.74) is 4.89. The van der Waals surface area contributed by atoms with Gasteiger partial charge in [-0.1, -0.05) is 30.3 Å². The first-order chi connectivity index (χ1) is 18.5. The summed E-state index contributed by atoms with van der Waals surface area (Å²) in [6.45, 7) is 0. The molecule has 3 N–H and O–H groups in total. The van der Waals surface area contributed by atoms with E-state index < -0.39 is 0 Å². The van der Waals surface area contributed by atoms with Crippen LogP contribution in [0.3, 0.4) is 0 Å². The molecule has 194 valence electrons. The number of nitrogens with one attached hydrogen (secondary N) is 2. The molecule has 3 aromatic carbocycles. The molecule has 1 aromatic heterocycles. The molecular weight excluding hydrogens is 479 g/mol. The van der Waals surface area contributed by atoms with Crippen molar-refractivity contribution in [2.24, 2.45) is 5.92 Å². The first-order valence-corrected chi connectivity index (χ1v) is 13.7. The third-order valence-electron chi connectivity index (χ3n) is 8.59. The number of fused-ring (bicyclic) bond motifs is 3. The molecule has 3 heterocycles. The van der Waals surface area contributed by atoms with Crippen LogP contribution in [0.5, 0.6) is 0 Å². The number of hydrogen-bond donors (Lipinski definition) is 3. The highest BCUT2D eigenvalue weighted by molar-refractivity contribution is 6.01. The molecule has 7 heteroatoms. The molecule has 3 aliphatic rings. The maximum absolute atomic E-state index is 14.5. The number of aromatic nitrogens is 2. The minimum Gasteiger partial charge on any atom is -0.393 e. The molecular formula is C31H31FN4O2. The van der Waals surface area contributed by atoms with Crippen molar-refractivity contribution in [3.8, 4) is 11.3 Å². The van der Waals surface area contributed by atoms with Crippen molar-refractivity contribution in [3.63, 3.8) is 0 Å². The number of carbonyl (C=O) groups excluding carboxylic acids is 1. The highest BCUT2D eigenvalue weighted by Gasteiger charge is 2.40. The Labute approximate surface area is 220 Å². The SMILES string of the molecule is O=C(NC(c1ccccc1F)C1CC1)c1ccc2[nH]nc(-c3ccc(N4[C@@H]5CC[C@H]4CC(O)C5)cc3)c2c1. The Balaban J connectivity index is 1.14. The van der Waals surface area contributed by atoms with Crippen LogP contribution in [0.15, 0.2) is 66.7 Å². The van der Waals surface area contributed by atoms with Gasteiger partial charge >= 0.3 is 0 Å². The van der Waals surface area contributed by atoms with E-state index in [1.807, 2.05) is 18.2 Å². The topological polar surface area (TPSA) is 81.2 Å². The van der Waals surface area contributed by atoms with E-state index in [4.69, 9.17) is 0 Å². The number of nitrogens with zero attached hydrogens (tertiary/aromatic N) is 2. The van der Waals surface area contributed by atoms with E-state index in [9.17, 15) is 14.3 Å². The van der Waals surface area contributed by atoms with Gasteiger partial charge in [0.15, 0.2) is 0 Å². The summed E-state index contributed by atoms with van der Waals surface area (Å²) in [4.78, 5) is 15.8. The van der Waals surface area contributed by atoms with Crippen LogP contribution >= 0.6 is 0 Å². The summed E-state index contributed by atoms with van der Waals surface area (Å²) in [5.74, 6) is -0.229. The second-order valence-corrected chi connectivity index (χ2v) is 11.1. The Kier molecular flexibility index (Phi) is 5.69. The Morgan fingerprint density at radius 2 is 1.74 bits per heavy atom. The minimum atomic E-state index is -0.332. The number of carbonyl (C=O) groups is 1. The number of piperidine rings is 1. The van der Waals surface area contributed by atoms with Gasteiger partial charge < -0.3 is 15.3 Å². The maximum atomic E-state index is 14.5. The van der Waals surface area contributed by atoms with Gasteiger partial charge in [-0.2, -0.15) is 5.10 Å². The molecule has 38 heavy (non-hydrogen) atoms. The van der Waals surface area contributed by atoms with Gasteiger partial charge in [0.05, 0.1) is 23.4 Å². The van der Waals surface area contributed by atoms with Gasteiger partial charge in [-0.15, -0.1) is 0 Å². The highest BCUT2D eigenvalue weighted by atomic mass is 19.1. The molecule has 0 spiro atoms. The minimum absolute atomic E-state index is 0.184. The number of halogens is 1. The van der Waals surface area contributed by atoms with Crippen LogP contribution in [-0.4, -0.2) is 39.4 Å². The van der Waals surface area contributed by atoms with Crippen molar-refractivity contribution in [2.75, 3.05) is 4.90 Å². The fourth-order valence-corrected chi connectivity index (χ4v) is 6.57. The zero-order valence-corrected chi connectivity index (χ0v) is 21.1. The predicted molar refractivity (Wildman–Crippen MR) is 145 cm³/mol. The van der Waals surface area contributed by atoms with E-state index in [1.54, 1.807) is 18.2 Å². The van der Waals surface area contributed by atoms with Crippen LogP contribution in [0.2, 0.25) is 0 Å². The summed E-state index contributed by atoms with van der Waals surface area (Å²) in [6, 6.07) is 21.2. The van der Waals surface area contributed by atoms with Crippen LogP contribution < -0.4 is 10.2 Å². The van der Waals surface area contributed by atoms with E-state index in [2.05, 4.69) is 44.7 Å². The van der Waals surface area contributed by atoms with Gasteiger partial charge in [-0.05, 0) is 80.8 Å². The second kappa shape index (κ2) is 9.24. The van der Waals surface area contributed by atoms with Gasteiger partial charge in [-0.3, -0.25) is 9.89 Å². The van der Waals surface area contributed by atoms with Crippen molar-refractivity contribution < 1.29 is 14.3 Å². The number of hydrogen-bond acceptors (Lipinski definition) is 4. The van der Waals surface area contributed by atoms with Crippen LogP contribution in [0, 0.1) is 11.7 Å². The van der Waals surface area contributed by atoms with E-state index in [0.717, 1.165) is 60.7 Å². The number of aromatic amines is 1. The maximum Gasteiger partial charge on any atom is 0.251 e. The number of anilines is 1. The van der Waals surface area contributed by atoms with E-state index in [-0.39, 0.29) is 29.8 Å². The summed E-state index contributed by atoms with van der Waals surface area (Å²) >= 11 is 0. The Hall–Kier alpha value is -3.71. The van der Waals surface area contributed by atoms with Crippen molar-refractivity contribution in [1.82, 2.24) is 15.5 Å². The summed E-state index contributed by atoms with van der Waals surface area (Å²) in [7, 11) is 0. The predicted octanol–water partition coefficient (Wildman–Crippen LogP) is 5.74.